The number of rotatable bonds is 3. The zero-order valence-electron chi connectivity index (χ0n) is 9.48. The van der Waals surface area contributed by atoms with Gasteiger partial charge in [-0.1, -0.05) is 28.1 Å². The molecule has 1 rings (SSSR count). The molecule has 0 spiro atoms. The van der Waals surface area contributed by atoms with Crippen LogP contribution < -0.4 is 5.43 Å². The van der Waals surface area contributed by atoms with E-state index in [-0.39, 0.29) is 0 Å². The summed E-state index contributed by atoms with van der Waals surface area (Å²) in [6, 6.07) is 7.22. The highest BCUT2D eigenvalue weighted by atomic mass is 79.9. The zero-order chi connectivity index (χ0) is 12.8. The van der Waals surface area contributed by atoms with Crippen LogP contribution in [-0.2, 0) is 4.74 Å². The van der Waals surface area contributed by atoms with Crippen LogP contribution in [0.3, 0.4) is 0 Å². The van der Waals surface area contributed by atoms with E-state index in [1.165, 1.54) is 7.11 Å². The average Bonchev–Trinajstić information content (AvgIpc) is 2.31. The van der Waals surface area contributed by atoms with Crippen molar-refractivity contribution in [2.24, 2.45) is 5.10 Å². The van der Waals surface area contributed by atoms with Crippen molar-refractivity contribution in [3.63, 3.8) is 0 Å². The minimum Gasteiger partial charge on any atom is -0.452 e. The number of halogens is 1. The Bertz CT molecular complexity index is 415. The number of carbonyl (C=O) groups excluding carboxylic acids is 1. The fraction of sp³-hybridized carbons (Fsp3) is 0.273. The Morgan fingerprint density at radius 3 is 2.53 bits per heavy atom. The Morgan fingerprint density at radius 2 is 2.06 bits per heavy atom. The van der Waals surface area contributed by atoms with Crippen molar-refractivity contribution in [1.82, 2.24) is 5.43 Å². The first kappa shape index (κ1) is 13.7. The number of hydrogen-bond acceptors (Lipinski definition) is 4. The number of carbonyl (C=O) groups is 1. The largest absolute Gasteiger partial charge is 0.452 e. The second kappa shape index (κ2) is 6.36. The van der Waals surface area contributed by atoms with Crippen molar-refractivity contribution in [3.05, 3.63) is 34.3 Å². The maximum atomic E-state index is 10.9. The standard InChI is InChI=1S/C11H13BrN2O3/c1-7(15)10(13-14-11(16)17-2)8-3-5-9(12)6-4-8/h3-7,15H,1-2H3,(H,14,16)/b13-10-. The predicted octanol–water partition coefficient (Wildman–Crippen LogP) is 1.89. The number of ether oxygens (including phenoxy) is 1. The summed E-state index contributed by atoms with van der Waals surface area (Å²) < 4.78 is 5.31. The van der Waals surface area contributed by atoms with Crippen molar-refractivity contribution in [2.45, 2.75) is 13.0 Å². The predicted molar refractivity (Wildman–Crippen MR) is 67.9 cm³/mol. The van der Waals surface area contributed by atoms with Crippen LogP contribution in [0.25, 0.3) is 0 Å². The van der Waals surface area contributed by atoms with Gasteiger partial charge in [-0.2, -0.15) is 5.10 Å². The molecule has 0 saturated heterocycles. The SMILES string of the molecule is COC(=O)N/N=C(\c1ccc(Br)cc1)C(C)O. The van der Waals surface area contributed by atoms with Crippen LogP contribution in [0.5, 0.6) is 0 Å². The maximum absolute atomic E-state index is 10.9. The summed E-state index contributed by atoms with van der Waals surface area (Å²) in [5.41, 5.74) is 3.27. The van der Waals surface area contributed by atoms with E-state index in [0.717, 1.165) is 10.0 Å². The second-order valence-electron chi connectivity index (χ2n) is 3.28. The lowest BCUT2D eigenvalue weighted by Gasteiger charge is -2.09. The number of nitrogens with zero attached hydrogens (tertiary/aromatic N) is 1. The van der Waals surface area contributed by atoms with E-state index < -0.39 is 12.2 Å². The smallest absolute Gasteiger partial charge is 0.427 e. The Balaban J connectivity index is 2.93. The molecule has 0 fully saturated rings. The Morgan fingerprint density at radius 1 is 1.47 bits per heavy atom. The lowest BCUT2D eigenvalue weighted by Crippen LogP contribution is -2.25. The fourth-order valence-corrected chi connectivity index (χ4v) is 1.44. The molecule has 0 saturated carbocycles. The minimum absolute atomic E-state index is 0.364. The quantitative estimate of drug-likeness (QED) is 0.661. The van der Waals surface area contributed by atoms with E-state index >= 15 is 0 Å². The molecule has 0 radical (unpaired) electrons. The van der Waals surface area contributed by atoms with Crippen LogP contribution in [0.4, 0.5) is 4.79 Å². The highest BCUT2D eigenvalue weighted by molar-refractivity contribution is 9.10. The summed E-state index contributed by atoms with van der Waals surface area (Å²) in [6.45, 7) is 1.57. The summed E-state index contributed by atoms with van der Waals surface area (Å²) in [5.74, 6) is 0. The van der Waals surface area contributed by atoms with E-state index in [9.17, 15) is 9.90 Å². The molecule has 0 heterocycles. The molecule has 1 aromatic rings. The normalized spacial score (nSPS) is 13.1. The Labute approximate surface area is 108 Å². The number of benzene rings is 1. The van der Waals surface area contributed by atoms with Gasteiger partial charge in [-0.25, -0.2) is 10.2 Å². The first-order chi connectivity index (χ1) is 8.04. The molecule has 17 heavy (non-hydrogen) atoms. The number of aliphatic hydroxyl groups excluding tert-OH is 1. The van der Waals surface area contributed by atoms with Gasteiger partial charge in [0.2, 0.25) is 0 Å². The molecule has 1 atom stereocenters. The van der Waals surface area contributed by atoms with Gasteiger partial charge in [0.05, 0.1) is 18.9 Å². The lowest BCUT2D eigenvalue weighted by atomic mass is 10.1. The minimum atomic E-state index is -0.798. The van der Waals surface area contributed by atoms with E-state index in [0.29, 0.717) is 5.71 Å². The van der Waals surface area contributed by atoms with Crippen molar-refractivity contribution < 1.29 is 14.6 Å². The first-order valence-corrected chi connectivity index (χ1v) is 5.69. The monoisotopic (exact) mass is 300 g/mol. The molecular weight excluding hydrogens is 288 g/mol. The molecular formula is C11H13BrN2O3. The molecule has 1 unspecified atom stereocenters. The van der Waals surface area contributed by atoms with Crippen LogP contribution in [0, 0.1) is 0 Å². The van der Waals surface area contributed by atoms with E-state index in [1.54, 1.807) is 19.1 Å². The number of hydrazone groups is 1. The van der Waals surface area contributed by atoms with E-state index in [4.69, 9.17) is 0 Å². The molecule has 92 valence electrons. The van der Waals surface area contributed by atoms with Gasteiger partial charge in [-0.3, -0.25) is 0 Å². The van der Waals surface area contributed by atoms with Gasteiger partial charge in [0.25, 0.3) is 0 Å². The summed E-state index contributed by atoms with van der Waals surface area (Å²) >= 11 is 3.31. The number of hydrogen-bond donors (Lipinski definition) is 2. The van der Waals surface area contributed by atoms with E-state index in [2.05, 4.69) is 31.2 Å². The van der Waals surface area contributed by atoms with Gasteiger partial charge in [-0.15, -0.1) is 0 Å². The summed E-state index contributed by atoms with van der Waals surface area (Å²) in [5, 5.41) is 13.4. The number of nitrogens with one attached hydrogen (secondary N) is 1. The fourth-order valence-electron chi connectivity index (χ4n) is 1.17. The number of methoxy groups -OCH3 is 1. The molecule has 0 aliphatic heterocycles. The molecule has 0 aromatic heterocycles. The Hall–Kier alpha value is -1.40. The van der Waals surface area contributed by atoms with Crippen molar-refractivity contribution in [3.8, 4) is 0 Å². The van der Waals surface area contributed by atoms with Gasteiger partial charge < -0.3 is 9.84 Å². The van der Waals surface area contributed by atoms with E-state index in [1.807, 2.05) is 12.1 Å². The maximum Gasteiger partial charge on any atom is 0.427 e. The summed E-state index contributed by atoms with van der Waals surface area (Å²) in [6.07, 6.45) is -1.48. The van der Waals surface area contributed by atoms with Gasteiger partial charge in [-0.05, 0) is 19.1 Å². The molecule has 5 nitrogen and oxygen atoms in total. The zero-order valence-corrected chi connectivity index (χ0v) is 11.1. The van der Waals surface area contributed by atoms with Crippen LogP contribution >= 0.6 is 15.9 Å². The van der Waals surface area contributed by atoms with Gasteiger partial charge in [0, 0.05) is 10.0 Å². The van der Waals surface area contributed by atoms with Gasteiger partial charge >= 0.3 is 6.09 Å². The van der Waals surface area contributed by atoms with Crippen molar-refractivity contribution in [2.75, 3.05) is 7.11 Å². The number of amides is 1. The molecule has 6 heteroatoms. The van der Waals surface area contributed by atoms with Crippen LogP contribution in [0.2, 0.25) is 0 Å². The summed E-state index contributed by atoms with van der Waals surface area (Å²) in [7, 11) is 1.24. The lowest BCUT2D eigenvalue weighted by molar-refractivity contribution is 0.171. The van der Waals surface area contributed by atoms with Crippen LogP contribution in [-0.4, -0.2) is 30.1 Å². The van der Waals surface area contributed by atoms with Crippen LogP contribution in [0.15, 0.2) is 33.8 Å². The average molecular weight is 301 g/mol. The highest BCUT2D eigenvalue weighted by Crippen LogP contribution is 2.12. The molecule has 1 aromatic carbocycles. The third-order valence-electron chi connectivity index (χ3n) is 1.99. The third-order valence-corrected chi connectivity index (χ3v) is 2.52. The molecule has 0 bridgehead atoms. The van der Waals surface area contributed by atoms with Crippen LogP contribution in [0.1, 0.15) is 12.5 Å². The highest BCUT2D eigenvalue weighted by Gasteiger charge is 2.11. The summed E-state index contributed by atoms with van der Waals surface area (Å²) in [4.78, 5) is 10.9. The van der Waals surface area contributed by atoms with Gasteiger partial charge in [0.15, 0.2) is 0 Å². The Kier molecular flexibility index (Phi) is 5.11. The van der Waals surface area contributed by atoms with Crippen molar-refractivity contribution in [1.29, 1.82) is 0 Å². The molecule has 2 N–H and O–H groups in total. The second-order valence-corrected chi connectivity index (χ2v) is 4.20. The molecule has 1 amide bonds. The topological polar surface area (TPSA) is 70.9 Å². The molecule has 0 aliphatic carbocycles. The van der Waals surface area contributed by atoms with Gasteiger partial charge in [0.1, 0.15) is 0 Å². The third kappa shape index (κ3) is 4.16. The van der Waals surface area contributed by atoms with Crippen molar-refractivity contribution >= 4 is 27.7 Å². The number of aliphatic hydroxyl groups is 1. The first-order valence-electron chi connectivity index (χ1n) is 4.90. The molecule has 0 aliphatic rings.